The number of nitrogens with zero attached hydrogens (tertiary/aromatic N) is 2. The molecular weight excluding hydrogens is 372 g/mol. The van der Waals surface area contributed by atoms with Crippen LogP contribution in [0.4, 0.5) is 0 Å². The van der Waals surface area contributed by atoms with Gasteiger partial charge in [-0.25, -0.2) is 0 Å². The Bertz CT molecular complexity index is 586. The molecule has 0 saturated carbocycles. The number of methoxy groups -OCH3 is 1. The first-order valence-corrected chi connectivity index (χ1v) is 10.9. The van der Waals surface area contributed by atoms with Crippen LogP contribution >= 0.6 is 23.5 Å². The van der Waals surface area contributed by atoms with E-state index in [0.29, 0.717) is 37.6 Å². The molecule has 0 aromatic heterocycles. The third kappa shape index (κ3) is 6.66. The Morgan fingerprint density at radius 2 is 2.15 bits per heavy atom. The number of ether oxygens (including phenoxy) is 3. The Labute approximate surface area is 164 Å². The van der Waals surface area contributed by atoms with Crippen LogP contribution in [0, 0.1) is 0 Å². The van der Waals surface area contributed by atoms with Crippen molar-refractivity contribution in [3.63, 3.8) is 0 Å². The summed E-state index contributed by atoms with van der Waals surface area (Å²) in [5, 5.41) is 11.6. The number of rotatable bonds is 10. The second-order valence-corrected chi connectivity index (χ2v) is 7.87. The first-order valence-electron chi connectivity index (χ1n) is 8.59. The van der Waals surface area contributed by atoms with Crippen molar-refractivity contribution in [1.82, 2.24) is 4.90 Å². The van der Waals surface area contributed by atoms with Crippen LogP contribution in [0.25, 0.3) is 0 Å². The van der Waals surface area contributed by atoms with E-state index in [1.165, 1.54) is 0 Å². The molecule has 2 rings (SSSR count). The number of phenols is 1. The zero-order valence-corrected chi connectivity index (χ0v) is 17.3. The van der Waals surface area contributed by atoms with Crippen molar-refractivity contribution in [1.29, 1.82) is 0 Å². The quantitative estimate of drug-likeness (QED) is 0.368. The molecule has 0 amide bonds. The van der Waals surface area contributed by atoms with Gasteiger partial charge in [0.05, 0.1) is 31.7 Å². The van der Waals surface area contributed by atoms with Crippen molar-refractivity contribution in [2.75, 3.05) is 65.7 Å². The van der Waals surface area contributed by atoms with E-state index < -0.39 is 0 Å². The molecule has 8 heteroatoms. The molecule has 0 aliphatic carbocycles. The summed E-state index contributed by atoms with van der Waals surface area (Å²) in [6.07, 6.45) is 1.98. The average Bonchev–Trinajstić information content (AvgIpc) is 3.05. The fraction of sp³-hybridized carbons (Fsp3) is 0.611. The first kappa shape index (κ1) is 21.4. The lowest BCUT2D eigenvalue weighted by Crippen LogP contribution is -2.26. The van der Waals surface area contributed by atoms with Gasteiger partial charge in [-0.1, -0.05) is 0 Å². The van der Waals surface area contributed by atoms with Crippen LogP contribution in [0.2, 0.25) is 0 Å². The number of aliphatic imine (C=N–C) groups is 1. The molecule has 146 valence electrons. The lowest BCUT2D eigenvalue weighted by Gasteiger charge is -2.16. The smallest absolute Gasteiger partial charge is 0.129 e. The van der Waals surface area contributed by atoms with Crippen LogP contribution in [0.3, 0.4) is 0 Å². The van der Waals surface area contributed by atoms with E-state index in [9.17, 15) is 5.11 Å². The largest absolute Gasteiger partial charge is 0.507 e. The van der Waals surface area contributed by atoms with Gasteiger partial charge in [-0.15, -0.1) is 23.5 Å². The number of benzene rings is 1. The van der Waals surface area contributed by atoms with Gasteiger partial charge in [0, 0.05) is 31.0 Å². The highest BCUT2D eigenvalue weighted by atomic mass is 32.2. The molecule has 1 aromatic carbocycles. The highest BCUT2D eigenvalue weighted by Gasteiger charge is 2.21. The van der Waals surface area contributed by atoms with Gasteiger partial charge in [-0.2, -0.15) is 0 Å². The number of thioether (sulfide) groups is 2. The minimum atomic E-state index is 0.184. The molecule has 6 nitrogen and oxygen atoms in total. The van der Waals surface area contributed by atoms with Crippen LogP contribution < -0.4 is 4.74 Å². The Morgan fingerprint density at radius 1 is 1.35 bits per heavy atom. The van der Waals surface area contributed by atoms with Crippen LogP contribution in [-0.2, 0) is 9.47 Å². The number of hydrogen-bond donors (Lipinski definition) is 1. The second kappa shape index (κ2) is 11.7. The monoisotopic (exact) mass is 400 g/mol. The molecule has 26 heavy (non-hydrogen) atoms. The highest BCUT2D eigenvalue weighted by molar-refractivity contribution is 8.13. The lowest BCUT2D eigenvalue weighted by molar-refractivity contribution is 0.0544. The molecule has 0 bridgehead atoms. The minimum absolute atomic E-state index is 0.184. The average molecular weight is 401 g/mol. The molecule has 0 radical (unpaired) electrons. The first-order chi connectivity index (χ1) is 12.7. The molecular formula is C18H28N2O4S2. The summed E-state index contributed by atoms with van der Waals surface area (Å²) in [5.74, 6) is 1.95. The van der Waals surface area contributed by atoms with Crippen LogP contribution in [-0.4, -0.2) is 86.1 Å². The number of likely N-dealkylation sites (N-methyl/N-ethyl adjacent to an activating group) is 1. The molecule has 0 spiro atoms. The fourth-order valence-corrected chi connectivity index (χ4v) is 4.26. The van der Waals surface area contributed by atoms with Gasteiger partial charge in [-0.3, -0.25) is 9.89 Å². The molecule has 1 heterocycles. The van der Waals surface area contributed by atoms with Crippen molar-refractivity contribution in [3.05, 3.63) is 23.8 Å². The van der Waals surface area contributed by atoms with E-state index in [1.54, 1.807) is 24.9 Å². The summed E-state index contributed by atoms with van der Waals surface area (Å²) in [6, 6.07) is 5.34. The molecule has 1 aromatic rings. The molecule has 1 aliphatic rings. The van der Waals surface area contributed by atoms with E-state index in [1.807, 2.05) is 30.2 Å². The van der Waals surface area contributed by atoms with Crippen molar-refractivity contribution < 1.29 is 19.3 Å². The summed E-state index contributed by atoms with van der Waals surface area (Å²) in [4.78, 5) is 7.04. The van der Waals surface area contributed by atoms with E-state index >= 15 is 0 Å². The SMILES string of the molecule is COCCOCCOc1ccc(C(=NC[C@H]2SCCN2C)SC)c(O)c1. The maximum absolute atomic E-state index is 10.4. The van der Waals surface area contributed by atoms with Gasteiger partial charge in [-0.05, 0) is 25.4 Å². The van der Waals surface area contributed by atoms with Crippen LogP contribution in [0.1, 0.15) is 5.56 Å². The Kier molecular flexibility index (Phi) is 9.63. The van der Waals surface area contributed by atoms with Gasteiger partial charge in [0.25, 0.3) is 0 Å². The molecule has 1 fully saturated rings. The maximum Gasteiger partial charge on any atom is 0.129 e. The predicted molar refractivity (Wildman–Crippen MR) is 110 cm³/mol. The predicted octanol–water partition coefficient (Wildman–Crippen LogP) is 2.55. The maximum atomic E-state index is 10.4. The zero-order chi connectivity index (χ0) is 18.8. The molecule has 1 saturated heterocycles. The second-order valence-electron chi connectivity index (χ2n) is 5.79. The van der Waals surface area contributed by atoms with Gasteiger partial charge in [0.2, 0.25) is 0 Å². The summed E-state index contributed by atoms with van der Waals surface area (Å²) in [7, 11) is 3.77. The minimum Gasteiger partial charge on any atom is -0.507 e. The van der Waals surface area contributed by atoms with Gasteiger partial charge in [0.1, 0.15) is 23.1 Å². The van der Waals surface area contributed by atoms with E-state index in [0.717, 1.165) is 29.4 Å². The number of phenolic OH excluding ortho intramolecular Hbond substituents is 1. The van der Waals surface area contributed by atoms with Crippen molar-refractivity contribution in [3.8, 4) is 11.5 Å². The third-order valence-electron chi connectivity index (χ3n) is 3.96. The van der Waals surface area contributed by atoms with Gasteiger partial charge >= 0.3 is 0 Å². The van der Waals surface area contributed by atoms with Crippen molar-refractivity contribution in [2.24, 2.45) is 4.99 Å². The number of hydrogen-bond acceptors (Lipinski definition) is 8. The molecule has 1 N–H and O–H groups in total. The normalized spacial score (nSPS) is 18.4. The number of aromatic hydroxyl groups is 1. The van der Waals surface area contributed by atoms with Gasteiger partial charge < -0.3 is 19.3 Å². The molecule has 0 unspecified atom stereocenters. The standard InChI is InChI=1S/C18H28N2O4S2/c1-20-6-11-26-17(20)13-19-18(25-3)15-5-4-14(12-16(15)21)24-10-9-23-8-7-22-2/h4-5,12,17,21H,6-11,13H2,1-3H3/t17-/m1/s1. The highest BCUT2D eigenvalue weighted by Crippen LogP contribution is 2.28. The summed E-state index contributed by atoms with van der Waals surface area (Å²) >= 11 is 3.47. The van der Waals surface area contributed by atoms with E-state index in [-0.39, 0.29) is 5.75 Å². The van der Waals surface area contributed by atoms with E-state index in [2.05, 4.69) is 11.9 Å². The molecule has 1 atom stereocenters. The third-order valence-corrected chi connectivity index (χ3v) is 6.01. The van der Waals surface area contributed by atoms with Crippen LogP contribution in [0.5, 0.6) is 11.5 Å². The fourth-order valence-electron chi connectivity index (χ4n) is 2.46. The van der Waals surface area contributed by atoms with Crippen molar-refractivity contribution >= 4 is 28.6 Å². The van der Waals surface area contributed by atoms with Crippen molar-refractivity contribution in [2.45, 2.75) is 5.37 Å². The summed E-state index contributed by atoms with van der Waals surface area (Å²) < 4.78 is 15.9. The Balaban J connectivity index is 1.89. The molecule has 1 aliphatic heterocycles. The Morgan fingerprint density at radius 3 is 2.81 bits per heavy atom. The summed E-state index contributed by atoms with van der Waals surface area (Å²) in [5.41, 5.74) is 0.742. The van der Waals surface area contributed by atoms with Crippen LogP contribution in [0.15, 0.2) is 23.2 Å². The Hall–Kier alpha value is -0.930. The lowest BCUT2D eigenvalue weighted by atomic mass is 10.2. The zero-order valence-electron chi connectivity index (χ0n) is 15.6. The van der Waals surface area contributed by atoms with Gasteiger partial charge in [0.15, 0.2) is 0 Å². The topological polar surface area (TPSA) is 63.5 Å². The van der Waals surface area contributed by atoms with E-state index in [4.69, 9.17) is 19.2 Å². The summed E-state index contributed by atoms with van der Waals surface area (Å²) in [6.45, 7) is 3.86.